The first-order valence-electron chi connectivity index (χ1n) is 10.7. The quantitative estimate of drug-likeness (QED) is 0.554. The van der Waals surface area contributed by atoms with Gasteiger partial charge < -0.3 is 20.1 Å². The van der Waals surface area contributed by atoms with Crippen molar-refractivity contribution in [3.63, 3.8) is 0 Å². The molecular formula is C19H19F2N7O3. The van der Waals surface area contributed by atoms with Crippen LogP contribution in [0.1, 0.15) is 14.6 Å². The number of carbonyl (C=O) groups is 1. The molecule has 1 amide bonds. The monoisotopic (exact) mass is 434 g/mol. The second-order valence-electron chi connectivity index (χ2n) is 6.66. The number of nitrogens with one attached hydrogen (secondary N) is 2. The number of aromatic nitrogens is 5. The molecule has 0 saturated carbocycles. The molecule has 0 unspecified atom stereocenters. The summed E-state index contributed by atoms with van der Waals surface area (Å²) in [6, 6.07) is 5.70. The van der Waals surface area contributed by atoms with Gasteiger partial charge in [-0.05, 0) is 24.3 Å². The smallest absolute Gasteiger partial charge is 0.387 e. The fraction of sp³-hybridized carbons (Fsp3) is 0.316. The fourth-order valence-corrected chi connectivity index (χ4v) is 2.93. The molecule has 0 aliphatic carbocycles. The highest BCUT2D eigenvalue weighted by molar-refractivity contribution is 5.98. The van der Waals surface area contributed by atoms with Gasteiger partial charge in [-0.15, -0.1) is 5.10 Å². The Balaban J connectivity index is 1.60. The van der Waals surface area contributed by atoms with E-state index in [0.717, 1.165) is 0 Å². The number of rotatable bonds is 8. The Bertz CT molecular complexity index is 1170. The molecule has 12 heteroatoms. The summed E-state index contributed by atoms with van der Waals surface area (Å²) in [5, 5.41) is 16.2. The molecule has 1 aliphatic heterocycles. The number of nitrogens with zero attached hydrogens (tertiary/aromatic N) is 5. The minimum atomic E-state index is -3.13. The van der Waals surface area contributed by atoms with Crippen LogP contribution < -0.4 is 15.4 Å². The van der Waals surface area contributed by atoms with Gasteiger partial charge in [0.2, 0.25) is 0 Å². The molecule has 1 aliphatic rings. The summed E-state index contributed by atoms with van der Waals surface area (Å²) in [4.78, 5) is 16.5. The Morgan fingerprint density at radius 1 is 1.39 bits per heavy atom. The van der Waals surface area contributed by atoms with Crippen LogP contribution in [-0.4, -0.2) is 57.7 Å². The van der Waals surface area contributed by atoms with Crippen molar-refractivity contribution in [2.45, 2.75) is 13.2 Å². The predicted molar refractivity (Wildman–Crippen MR) is 105 cm³/mol. The number of alkyl halides is 2. The van der Waals surface area contributed by atoms with Crippen LogP contribution in [0.15, 0.2) is 36.8 Å². The summed E-state index contributed by atoms with van der Waals surface area (Å²) >= 11 is 0. The normalized spacial score (nSPS) is 15.5. The SMILES string of the molecule is [2H]C([2H])([2H])NC(=O)c1nnccc1Nc1ccc(-c2ncn(CC3COC3)n2)cc1OC(F)F. The van der Waals surface area contributed by atoms with Crippen LogP contribution in [0.2, 0.25) is 0 Å². The third kappa shape index (κ3) is 4.74. The lowest BCUT2D eigenvalue weighted by Gasteiger charge is -2.25. The van der Waals surface area contributed by atoms with Crippen LogP contribution in [0.4, 0.5) is 20.2 Å². The number of anilines is 2. The molecule has 3 heterocycles. The number of carbonyl (C=O) groups excluding carboxylic acids is 1. The first kappa shape index (κ1) is 17.1. The predicted octanol–water partition coefficient (Wildman–Crippen LogP) is 2.09. The molecular weight excluding hydrogens is 412 g/mol. The van der Waals surface area contributed by atoms with Crippen molar-refractivity contribution in [3.8, 4) is 17.1 Å². The minimum absolute atomic E-state index is 0.0359. The van der Waals surface area contributed by atoms with E-state index in [9.17, 15) is 13.6 Å². The van der Waals surface area contributed by atoms with E-state index in [1.807, 2.05) is 0 Å². The minimum Gasteiger partial charge on any atom is -0.433 e. The first-order valence-corrected chi connectivity index (χ1v) is 9.15. The summed E-state index contributed by atoms with van der Waals surface area (Å²) in [7, 11) is 0. The Labute approximate surface area is 179 Å². The van der Waals surface area contributed by atoms with Gasteiger partial charge in [0.25, 0.3) is 5.91 Å². The second-order valence-corrected chi connectivity index (χ2v) is 6.66. The molecule has 3 aromatic rings. The molecule has 0 spiro atoms. The van der Waals surface area contributed by atoms with Gasteiger partial charge in [-0.2, -0.15) is 19.0 Å². The molecule has 31 heavy (non-hydrogen) atoms. The number of hydrogen-bond acceptors (Lipinski definition) is 8. The van der Waals surface area contributed by atoms with Crippen molar-refractivity contribution in [1.82, 2.24) is 30.3 Å². The van der Waals surface area contributed by atoms with Crippen molar-refractivity contribution >= 4 is 17.3 Å². The molecule has 0 bridgehead atoms. The Morgan fingerprint density at radius 3 is 3.00 bits per heavy atom. The van der Waals surface area contributed by atoms with Crippen LogP contribution in [-0.2, 0) is 11.3 Å². The van der Waals surface area contributed by atoms with Crippen LogP contribution in [0, 0.1) is 5.92 Å². The molecule has 2 N–H and O–H groups in total. The lowest BCUT2D eigenvalue weighted by molar-refractivity contribution is -0.0493. The van der Waals surface area contributed by atoms with Gasteiger partial charge in [0, 0.05) is 29.1 Å². The third-order valence-corrected chi connectivity index (χ3v) is 4.46. The maximum atomic E-state index is 13.1. The number of halogens is 2. The maximum Gasteiger partial charge on any atom is 0.387 e. The first-order chi connectivity index (χ1) is 16.2. The highest BCUT2D eigenvalue weighted by Crippen LogP contribution is 2.33. The zero-order chi connectivity index (χ0) is 24.3. The number of amides is 1. The Morgan fingerprint density at radius 2 is 2.26 bits per heavy atom. The van der Waals surface area contributed by atoms with Crippen molar-refractivity contribution in [1.29, 1.82) is 0 Å². The number of hydrogen-bond donors (Lipinski definition) is 2. The van der Waals surface area contributed by atoms with E-state index in [1.165, 1.54) is 24.4 Å². The van der Waals surface area contributed by atoms with Crippen LogP contribution in [0.5, 0.6) is 5.75 Å². The van der Waals surface area contributed by atoms with E-state index < -0.39 is 19.5 Å². The van der Waals surface area contributed by atoms with E-state index in [2.05, 4.69) is 30.3 Å². The maximum absolute atomic E-state index is 13.1. The summed E-state index contributed by atoms with van der Waals surface area (Å²) in [6.45, 7) is -3.95. The third-order valence-electron chi connectivity index (χ3n) is 4.46. The molecule has 0 radical (unpaired) electrons. The van der Waals surface area contributed by atoms with Crippen LogP contribution in [0.25, 0.3) is 11.4 Å². The highest BCUT2D eigenvalue weighted by atomic mass is 19.3. The van der Waals surface area contributed by atoms with Gasteiger partial charge in [0.05, 0.1) is 30.8 Å². The summed E-state index contributed by atoms with van der Waals surface area (Å²) in [5.74, 6) is -0.593. The van der Waals surface area contributed by atoms with E-state index >= 15 is 0 Å². The largest absolute Gasteiger partial charge is 0.433 e. The zero-order valence-corrected chi connectivity index (χ0v) is 16.0. The van der Waals surface area contributed by atoms with E-state index in [1.54, 1.807) is 22.4 Å². The Hall–Kier alpha value is -3.67. The molecule has 1 fully saturated rings. The van der Waals surface area contributed by atoms with Crippen molar-refractivity contribution < 1.29 is 27.2 Å². The average molecular weight is 434 g/mol. The van der Waals surface area contributed by atoms with Gasteiger partial charge in [-0.25, -0.2) is 4.98 Å². The van der Waals surface area contributed by atoms with E-state index in [0.29, 0.717) is 37.1 Å². The summed E-state index contributed by atoms with van der Waals surface area (Å²) in [5.41, 5.74) is 0.198. The molecule has 1 saturated heterocycles. The fourth-order valence-electron chi connectivity index (χ4n) is 2.93. The van der Waals surface area contributed by atoms with Gasteiger partial charge in [-0.3, -0.25) is 9.48 Å². The number of benzene rings is 1. The topological polar surface area (TPSA) is 116 Å². The van der Waals surface area contributed by atoms with Gasteiger partial charge in [0.15, 0.2) is 11.5 Å². The van der Waals surface area contributed by atoms with Gasteiger partial charge in [-0.1, -0.05) is 0 Å². The zero-order valence-electron chi connectivity index (χ0n) is 19.0. The lowest BCUT2D eigenvalue weighted by Crippen LogP contribution is -2.31. The lowest BCUT2D eigenvalue weighted by atomic mass is 10.1. The summed E-state index contributed by atoms with van der Waals surface area (Å²) in [6.07, 6.45) is 2.80. The average Bonchev–Trinajstić information content (AvgIpc) is 3.19. The van der Waals surface area contributed by atoms with E-state index in [4.69, 9.17) is 8.85 Å². The van der Waals surface area contributed by atoms with Crippen molar-refractivity contribution in [2.24, 2.45) is 5.92 Å². The van der Waals surface area contributed by atoms with Crippen molar-refractivity contribution in [2.75, 3.05) is 25.5 Å². The Kier molecular flexibility index (Phi) is 4.95. The number of ether oxygens (including phenoxy) is 2. The molecule has 4 rings (SSSR count). The molecule has 10 nitrogen and oxygen atoms in total. The highest BCUT2D eigenvalue weighted by Gasteiger charge is 2.20. The summed E-state index contributed by atoms with van der Waals surface area (Å²) < 4.78 is 59.2. The van der Waals surface area contributed by atoms with Gasteiger partial charge >= 0.3 is 6.61 Å². The van der Waals surface area contributed by atoms with Crippen molar-refractivity contribution in [3.05, 3.63) is 42.5 Å². The second kappa shape index (κ2) is 9.00. The standard InChI is InChI=1S/C19H19F2N7O3/c1-22-18(29)16-14(4-5-24-26-16)25-13-3-2-12(6-15(13)31-19(20)21)17-23-10-28(27-17)7-11-8-30-9-11/h2-6,10-11,19H,7-9H2,1H3,(H,22,29)(H,24,25)/i1D3. The molecule has 162 valence electrons. The molecule has 2 aromatic heterocycles. The van der Waals surface area contributed by atoms with Crippen LogP contribution in [0.3, 0.4) is 0 Å². The molecule has 1 aromatic carbocycles. The van der Waals surface area contributed by atoms with E-state index in [-0.39, 0.29) is 22.8 Å². The van der Waals surface area contributed by atoms with Crippen LogP contribution >= 0.6 is 0 Å². The molecule has 0 atom stereocenters. The van der Waals surface area contributed by atoms with Gasteiger partial charge in [0.1, 0.15) is 12.1 Å².